The molecule has 1 saturated carbocycles. The predicted octanol–water partition coefficient (Wildman–Crippen LogP) is 3.67. The molecule has 0 heterocycles. The van der Waals surface area contributed by atoms with E-state index in [1.807, 2.05) is 0 Å². The fourth-order valence-corrected chi connectivity index (χ4v) is 3.05. The normalized spacial score (nSPS) is 22.3. The molecule has 0 amide bonds. The van der Waals surface area contributed by atoms with E-state index in [1.54, 1.807) is 0 Å². The molecule has 18 heavy (non-hydrogen) atoms. The first kappa shape index (κ1) is 16.0. The summed E-state index contributed by atoms with van der Waals surface area (Å²) in [7, 11) is 2.33. The van der Waals surface area contributed by atoms with E-state index in [0.29, 0.717) is 5.41 Å². The van der Waals surface area contributed by atoms with Crippen LogP contribution in [0, 0.1) is 5.41 Å². The highest BCUT2D eigenvalue weighted by Gasteiger charge is 2.29. The zero-order valence-electron chi connectivity index (χ0n) is 13.3. The number of nitrogens with zero attached hydrogens (tertiary/aromatic N) is 1. The molecular weight excluding hydrogens is 220 g/mol. The van der Waals surface area contributed by atoms with Crippen molar-refractivity contribution in [1.29, 1.82) is 0 Å². The standard InChI is InChI=1S/C16H34N2/c1-6-17-13-7-8-14(2)18(5)15-9-11-16(3,4)12-10-15/h14-15,17H,6-13H2,1-5H3. The second kappa shape index (κ2) is 7.49. The van der Waals surface area contributed by atoms with Crippen molar-refractivity contribution in [3.05, 3.63) is 0 Å². The maximum atomic E-state index is 3.41. The van der Waals surface area contributed by atoms with E-state index >= 15 is 0 Å². The molecule has 2 nitrogen and oxygen atoms in total. The van der Waals surface area contributed by atoms with Crippen molar-refractivity contribution in [3.63, 3.8) is 0 Å². The summed E-state index contributed by atoms with van der Waals surface area (Å²) >= 11 is 0. The summed E-state index contributed by atoms with van der Waals surface area (Å²) in [6.07, 6.45) is 8.20. The molecule has 1 unspecified atom stereocenters. The first-order valence-corrected chi connectivity index (χ1v) is 7.89. The molecule has 1 aliphatic carbocycles. The lowest BCUT2D eigenvalue weighted by molar-refractivity contribution is 0.0962. The van der Waals surface area contributed by atoms with Gasteiger partial charge in [-0.3, -0.25) is 0 Å². The van der Waals surface area contributed by atoms with Crippen LogP contribution in [0.25, 0.3) is 0 Å². The summed E-state index contributed by atoms with van der Waals surface area (Å²) < 4.78 is 0. The van der Waals surface area contributed by atoms with Crippen molar-refractivity contribution in [3.8, 4) is 0 Å². The lowest BCUT2D eigenvalue weighted by Crippen LogP contribution is -2.42. The molecule has 0 radical (unpaired) electrons. The second-order valence-electron chi connectivity index (χ2n) is 6.91. The summed E-state index contributed by atoms with van der Waals surface area (Å²) in [4.78, 5) is 2.64. The van der Waals surface area contributed by atoms with Crippen molar-refractivity contribution in [2.45, 2.75) is 78.3 Å². The van der Waals surface area contributed by atoms with Crippen molar-refractivity contribution in [2.75, 3.05) is 20.1 Å². The van der Waals surface area contributed by atoms with E-state index < -0.39 is 0 Å². The van der Waals surface area contributed by atoms with Crippen molar-refractivity contribution in [2.24, 2.45) is 5.41 Å². The van der Waals surface area contributed by atoms with Crippen LogP contribution in [-0.2, 0) is 0 Å². The van der Waals surface area contributed by atoms with Crippen LogP contribution < -0.4 is 5.32 Å². The largest absolute Gasteiger partial charge is 0.317 e. The Morgan fingerprint density at radius 3 is 2.44 bits per heavy atom. The molecule has 0 aromatic carbocycles. The SMILES string of the molecule is CCNCCCC(C)N(C)C1CCC(C)(C)CC1. The molecule has 0 spiro atoms. The topological polar surface area (TPSA) is 15.3 Å². The van der Waals surface area contributed by atoms with Crippen LogP contribution in [0.1, 0.15) is 66.2 Å². The van der Waals surface area contributed by atoms with Gasteiger partial charge in [0.15, 0.2) is 0 Å². The van der Waals surface area contributed by atoms with Gasteiger partial charge in [-0.1, -0.05) is 20.8 Å². The van der Waals surface area contributed by atoms with E-state index in [0.717, 1.165) is 18.6 Å². The number of nitrogens with one attached hydrogen (secondary N) is 1. The summed E-state index contributed by atoms with van der Waals surface area (Å²) in [5.41, 5.74) is 0.589. The van der Waals surface area contributed by atoms with Crippen molar-refractivity contribution >= 4 is 0 Å². The van der Waals surface area contributed by atoms with Gasteiger partial charge in [0, 0.05) is 12.1 Å². The molecule has 1 aliphatic rings. The van der Waals surface area contributed by atoms with Crippen LogP contribution in [0.5, 0.6) is 0 Å². The monoisotopic (exact) mass is 254 g/mol. The van der Waals surface area contributed by atoms with Gasteiger partial charge in [-0.25, -0.2) is 0 Å². The van der Waals surface area contributed by atoms with Gasteiger partial charge in [0.2, 0.25) is 0 Å². The lowest BCUT2D eigenvalue weighted by atomic mass is 9.75. The van der Waals surface area contributed by atoms with Gasteiger partial charge in [0.25, 0.3) is 0 Å². The molecular formula is C16H34N2. The van der Waals surface area contributed by atoms with E-state index in [4.69, 9.17) is 0 Å². The highest BCUT2D eigenvalue weighted by molar-refractivity contribution is 4.84. The van der Waals surface area contributed by atoms with Crippen LogP contribution in [0.4, 0.5) is 0 Å². The minimum atomic E-state index is 0.589. The quantitative estimate of drug-likeness (QED) is 0.697. The summed E-state index contributed by atoms with van der Waals surface area (Å²) in [5, 5.41) is 3.41. The summed E-state index contributed by atoms with van der Waals surface area (Å²) in [6, 6.07) is 1.56. The summed E-state index contributed by atoms with van der Waals surface area (Å²) in [6.45, 7) is 11.7. The lowest BCUT2D eigenvalue weighted by Gasteiger charge is -2.41. The Balaban J connectivity index is 2.24. The predicted molar refractivity (Wildman–Crippen MR) is 81.0 cm³/mol. The smallest absolute Gasteiger partial charge is 0.00954 e. The average molecular weight is 254 g/mol. The van der Waals surface area contributed by atoms with Gasteiger partial charge in [-0.2, -0.15) is 0 Å². The molecule has 1 N–H and O–H groups in total. The maximum Gasteiger partial charge on any atom is 0.00954 e. The molecule has 1 rings (SSSR count). The molecule has 108 valence electrons. The van der Waals surface area contributed by atoms with Crippen LogP contribution in [-0.4, -0.2) is 37.1 Å². The van der Waals surface area contributed by atoms with E-state index in [9.17, 15) is 0 Å². The first-order valence-electron chi connectivity index (χ1n) is 7.89. The Kier molecular flexibility index (Phi) is 6.65. The van der Waals surface area contributed by atoms with Gasteiger partial charge < -0.3 is 10.2 Å². The fraction of sp³-hybridized carbons (Fsp3) is 1.00. The third-order valence-corrected chi connectivity index (χ3v) is 4.81. The molecule has 0 aromatic heterocycles. The Morgan fingerprint density at radius 1 is 1.28 bits per heavy atom. The van der Waals surface area contributed by atoms with E-state index in [2.05, 4.69) is 45.0 Å². The van der Waals surface area contributed by atoms with Crippen molar-refractivity contribution in [1.82, 2.24) is 10.2 Å². The molecule has 1 atom stereocenters. The third-order valence-electron chi connectivity index (χ3n) is 4.81. The van der Waals surface area contributed by atoms with Gasteiger partial charge in [-0.15, -0.1) is 0 Å². The first-order chi connectivity index (χ1) is 8.46. The molecule has 1 fully saturated rings. The van der Waals surface area contributed by atoms with Gasteiger partial charge in [0.1, 0.15) is 0 Å². The Bertz CT molecular complexity index is 215. The Hall–Kier alpha value is -0.0800. The van der Waals surface area contributed by atoms with Crippen LogP contribution in [0.3, 0.4) is 0 Å². The van der Waals surface area contributed by atoms with Gasteiger partial charge >= 0.3 is 0 Å². The molecule has 0 aromatic rings. The van der Waals surface area contributed by atoms with E-state index in [-0.39, 0.29) is 0 Å². The fourth-order valence-electron chi connectivity index (χ4n) is 3.05. The number of hydrogen-bond acceptors (Lipinski definition) is 2. The zero-order chi connectivity index (χ0) is 13.6. The van der Waals surface area contributed by atoms with Crippen LogP contribution in [0.15, 0.2) is 0 Å². The zero-order valence-corrected chi connectivity index (χ0v) is 13.3. The summed E-state index contributed by atoms with van der Waals surface area (Å²) in [5.74, 6) is 0. The van der Waals surface area contributed by atoms with Crippen molar-refractivity contribution < 1.29 is 0 Å². The second-order valence-corrected chi connectivity index (χ2v) is 6.91. The minimum Gasteiger partial charge on any atom is -0.317 e. The number of rotatable bonds is 7. The molecule has 0 aliphatic heterocycles. The molecule has 0 bridgehead atoms. The van der Waals surface area contributed by atoms with Gasteiger partial charge in [-0.05, 0) is 71.0 Å². The Labute approximate surface area is 115 Å². The maximum absolute atomic E-state index is 3.41. The third kappa shape index (κ3) is 5.27. The highest BCUT2D eigenvalue weighted by atomic mass is 15.2. The minimum absolute atomic E-state index is 0.589. The van der Waals surface area contributed by atoms with Gasteiger partial charge in [0.05, 0.1) is 0 Å². The van der Waals surface area contributed by atoms with Crippen LogP contribution >= 0.6 is 0 Å². The van der Waals surface area contributed by atoms with Crippen LogP contribution in [0.2, 0.25) is 0 Å². The molecule has 2 heteroatoms. The number of hydrogen-bond donors (Lipinski definition) is 1. The average Bonchev–Trinajstić information content (AvgIpc) is 2.33. The highest BCUT2D eigenvalue weighted by Crippen LogP contribution is 2.37. The molecule has 0 saturated heterocycles. The van der Waals surface area contributed by atoms with E-state index in [1.165, 1.54) is 45.1 Å². The Morgan fingerprint density at radius 2 is 1.89 bits per heavy atom.